The predicted molar refractivity (Wildman–Crippen MR) is 134 cm³/mol. The normalized spacial score (nSPS) is 14.2. The van der Waals surface area contributed by atoms with E-state index in [0.29, 0.717) is 41.3 Å². The minimum Gasteiger partial charge on any atom is -0.359 e. The lowest BCUT2D eigenvalue weighted by molar-refractivity contribution is -0.120. The molecule has 1 aliphatic carbocycles. The highest BCUT2D eigenvalue weighted by Crippen LogP contribution is 2.26. The highest BCUT2D eigenvalue weighted by molar-refractivity contribution is 7.12. The minimum atomic E-state index is -0.230. The molecule has 0 atom stereocenters. The Morgan fingerprint density at radius 2 is 1.97 bits per heavy atom. The molecule has 0 unspecified atom stereocenters. The van der Waals surface area contributed by atoms with Crippen molar-refractivity contribution in [1.29, 1.82) is 0 Å². The predicted octanol–water partition coefficient (Wildman–Crippen LogP) is 4.28. The van der Waals surface area contributed by atoms with Crippen molar-refractivity contribution >= 4 is 46.0 Å². The number of carbonyl (C=O) groups excluding carboxylic acids is 3. The highest BCUT2D eigenvalue weighted by atomic mass is 32.1. The largest absolute Gasteiger partial charge is 0.359 e. The number of aryl methyl sites for hydroxylation is 1. The fourth-order valence-corrected chi connectivity index (χ4v) is 5.13. The SMILES string of the molecule is CNC(=O)CCCn1c(NC(=O)c2cccs2)nc2cc(C(=O)N(C)C3CCCCC3)ccc21. The number of rotatable bonds is 8. The number of amides is 3. The van der Waals surface area contributed by atoms with Crippen LogP contribution in [0.3, 0.4) is 0 Å². The minimum absolute atomic E-state index is 0.00728. The molecule has 3 amide bonds. The van der Waals surface area contributed by atoms with E-state index in [9.17, 15) is 14.4 Å². The number of anilines is 1. The molecule has 1 aromatic carbocycles. The molecule has 4 rings (SSSR count). The van der Waals surface area contributed by atoms with Gasteiger partial charge in [-0.3, -0.25) is 19.7 Å². The monoisotopic (exact) mass is 481 g/mol. The number of benzene rings is 1. The Bertz CT molecular complexity index is 1160. The topological polar surface area (TPSA) is 96.3 Å². The van der Waals surface area contributed by atoms with Gasteiger partial charge in [0.1, 0.15) is 0 Å². The van der Waals surface area contributed by atoms with Crippen LogP contribution in [0.5, 0.6) is 0 Å². The maximum Gasteiger partial charge on any atom is 0.268 e. The van der Waals surface area contributed by atoms with Gasteiger partial charge in [-0.05, 0) is 48.9 Å². The maximum atomic E-state index is 13.2. The molecule has 8 nitrogen and oxygen atoms in total. The number of imidazole rings is 1. The summed E-state index contributed by atoms with van der Waals surface area (Å²) in [5.41, 5.74) is 2.05. The molecule has 2 heterocycles. The van der Waals surface area contributed by atoms with Crippen molar-refractivity contribution in [3.05, 3.63) is 46.2 Å². The molecule has 2 aromatic heterocycles. The van der Waals surface area contributed by atoms with Gasteiger partial charge in [0.15, 0.2) is 0 Å². The lowest BCUT2D eigenvalue weighted by atomic mass is 9.94. The average Bonchev–Trinajstić information content (AvgIpc) is 3.52. The third-order valence-corrected chi connectivity index (χ3v) is 7.34. The standard InChI is InChI=1S/C25H31N5O3S/c1-26-22(31)11-6-14-30-20-13-12-17(24(33)29(2)18-8-4-3-5-9-18)16-19(20)27-25(30)28-23(32)21-10-7-15-34-21/h7,10,12-13,15-16,18H,3-6,8-9,11,14H2,1-2H3,(H,26,31)(H,27,28,32). The van der Waals surface area contributed by atoms with Crippen molar-refractivity contribution in [2.75, 3.05) is 19.4 Å². The zero-order valence-electron chi connectivity index (χ0n) is 19.7. The van der Waals surface area contributed by atoms with Crippen LogP contribution >= 0.6 is 11.3 Å². The fourth-order valence-electron chi connectivity index (χ4n) is 4.52. The van der Waals surface area contributed by atoms with Crippen LogP contribution in [0.15, 0.2) is 35.7 Å². The molecule has 180 valence electrons. The van der Waals surface area contributed by atoms with Crippen LogP contribution in [0.2, 0.25) is 0 Å². The van der Waals surface area contributed by atoms with E-state index in [-0.39, 0.29) is 23.8 Å². The van der Waals surface area contributed by atoms with Crippen LogP contribution in [0.4, 0.5) is 5.95 Å². The van der Waals surface area contributed by atoms with Crippen molar-refractivity contribution < 1.29 is 14.4 Å². The van der Waals surface area contributed by atoms with E-state index in [1.165, 1.54) is 17.8 Å². The lowest BCUT2D eigenvalue weighted by Crippen LogP contribution is -2.38. The van der Waals surface area contributed by atoms with Crippen molar-refractivity contribution in [2.45, 2.75) is 57.5 Å². The Kier molecular flexibility index (Phi) is 7.62. The Balaban J connectivity index is 1.60. The molecule has 0 radical (unpaired) electrons. The number of carbonyl (C=O) groups is 3. The highest BCUT2D eigenvalue weighted by Gasteiger charge is 2.24. The smallest absolute Gasteiger partial charge is 0.268 e. The van der Waals surface area contributed by atoms with Gasteiger partial charge >= 0.3 is 0 Å². The summed E-state index contributed by atoms with van der Waals surface area (Å²) in [4.78, 5) is 44.7. The first-order valence-electron chi connectivity index (χ1n) is 11.8. The van der Waals surface area contributed by atoms with E-state index in [0.717, 1.165) is 31.2 Å². The number of fused-ring (bicyclic) bond motifs is 1. The van der Waals surface area contributed by atoms with Crippen molar-refractivity contribution in [3.8, 4) is 0 Å². The fraction of sp³-hybridized carbons (Fsp3) is 0.440. The molecule has 1 aliphatic rings. The number of hydrogen-bond acceptors (Lipinski definition) is 5. The Morgan fingerprint density at radius 3 is 2.68 bits per heavy atom. The van der Waals surface area contributed by atoms with Gasteiger partial charge in [-0.25, -0.2) is 4.98 Å². The second kappa shape index (κ2) is 10.8. The summed E-state index contributed by atoms with van der Waals surface area (Å²) in [5, 5.41) is 7.38. The van der Waals surface area contributed by atoms with E-state index in [2.05, 4.69) is 15.6 Å². The van der Waals surface area contributed by atoms with Crippen LogP contribution in [0.25, 0.3) is 11.0 Å². The molecule has 2 N–H and O–H groups in total. The van der Waals surface area contributed by atoms with Crippen LogP contribution in [-0.2, 0) is 11.3 Å². The van der Waals surface area contributed by atoms with E-state index in [4.69, 9.17) is 0 Å². The van der Waals surface area contributed by atoms with Gasteiger partial charge in [-0.1, -0.05) is 25.3 Å². The third kappa shape index (κ3) is 5.30. The summed E-state index contributed by atoms with van der Waals surface area (Å²) in [6.45, 7) is 0.513. The summed E-state index contributed by atoms with van der Waals surface area (Å²) in [7, 11) is 3.50. The van der Waals surface area contributed by atoms with Gasteiger partial charge in [0.2, 0.25) is 11.9 Å². The van der Waals surface area contributed by atoms with Gasteiger partial charge in [-0.15, -0.1) is 11.3 Å². The van der Waals surface area contributed by atoms with Gasteiger partial charge in [-0.2, -0.15) is 0 Å². The zero-order valence-corrected chi connectivity index (χ0v) is 20.5. The van der Waals surface area contributed by atoms with Crippen molar-refractivity contribution in [2.24, 2.45) is 0 Å². The van der Waals surface area contributed by atoms with Gasteiger partial charge in [0, 0.05) is 38.7 Å². The van der Waals surface area contributed by atoms with Crippen molar-refractivity contribution in [3.63, 3.8) is 0 Å². The number of thiophene rings is 1. The number of hydrogen-bond donors (Lipinski definition) is 2. The van der Waals surface area contributed by atoms with Crippen LogP contribution in [0, 0.1) is 0 Å². The summed E-state index contributed by atoms with van der Waals surface area (Å²) in [6.07, 6.45) is 6.62. The summed E-state index contributed by atoms with van der Waals surface area (Å²) in [6, 6.07) is 9.37. The Labute approximate surface area is 203 Å². The lowest BCUT2D eigenvalue weighted by Gasteiger charge is -2.31. The number of aromatic nitrogens is 2. The first-order valence-corrected chi connectivity index (χ1v) is 12.7. The van der Waals surface area contributed by atoms with E-state index in [1.54, 1.807) is 19.2 Å². The van der Waals surface area contributed by atoms with Gasteiger partial charge in [0.25, 0.3) is 11.8 Å². The van der Waals surface area contributed by atoms with Crippen LogP contribution < -0.4 is 10.6 Å². The molecule has 3 aromatic rings. The molecule has 9 heteroatoms. The average molecular weight is 482 g/mol. The summed E-state index contributed by atoms with van der Waals surface area (Å²) in [5.74, 6) is 0.140. The number of nitrogens with one attached hydrogen (secondary N) is 2. The molecule has 1 saturated carbocycles. The quantitative estimate of drug-likeness (QED) is 0.502. The molecule has 0 aliphatic heterocycles. The van der Waals surface area contributed by atoms with E-state index in [1.807, 2.05) is 40.1 Å². The summed E-state index contributed by atoms with van der Waals surface area (Å²) < 4.78 is 1.91. The zero-order chi connectivity index (χ0) is 24.1. The second-order valence-corrected chi connectivity index (χ2v) is 9.65. The van der Waals surface area contributed by atoms with E-state index < -0.39 is 0 Å². The third-order valence-electron chi connectivity index (χ3n) is 6.47. The Morgan fingerprint density at radius 1 is 1.18 bits per heavy atom. The maximum absolute atomic E-state index is 13.2. The van der Waals surface area contributed by atoms with E-state index >= 15 is 0 Å². The molecular formula is C25H31N5O3S. The molecule has 0 bridgehead atoms. The molecule has 34 heavy (non-hydrogen) atoms. The van der Waals surface area contributed by atoms with Crippen LogP contribution in [0.1, 0.15) is 65.0 Å². The molecule has 1 fully saturated rings. The molecule has 0 saturated heterocycles. The number of nitrogens with zero attached hydrogens (tertiary/aromatic N) is 3. The molecular weight excluding hydrogens is 450 g/mol. The summed E-state index contributed by atoms with van der Waals surface area (Å²) >= 11 is 1.36. The second-order valence-electron chi connectivity index (χ2n) is 8.71. The van der Waals surface area contributed by atoms with Crippen LogP contribution in [-0.4, -0.2) is 52.3 Å². The molecule has 0 spiro atoms. The first-order chi connectivity index (χ1) is 16.5. The first kappa shape index (κ1) is 23.9. The van der Waals surface area contributed by atoms with Gasteiger partial charge < -0.3 is 14.8 Å². The Hall–Kier alpha value is -3.20. The van der Waals surface area contributed by atoms with Crippen molar-refractivity contribution in [1.82, 2.24) is 19.8 Å². The van der Waals surface area contributed by atoms with Gasteiger partial charge in [0.05, 0.1) is 15.9 Å².